The number of aromatic amines is 1. The molecule has 4 nitrogen and oxygen atoms in total. The highest BCUT2D eigenvalue weighted by Crippen LogP contribution is 2.14. The van der Waals surface area contributed by atoms with Crippen LogP contribution in [0.4, 0.5) is 0 Å². The number of hydrogen-bond acceptors (Lipinski definition) is 1. The van der Waals surface area contributed by atoms with Crippen LogP contribution in [0, 0.1) is 0 Å². The first-order valence-corrected chi connectivity index (χ1v) is 7.54. The van der Waals surface area contributed by atoms with Crippen molar-refractivity contribution in [2.75, 3.05) is 13.6 Å². The molecule has 3 N–H and O–H groups in total. The molecule has 0 saturated carbocycles. The molecule has 0 fully saturated rings. The van der Waals surface area contributed by atoms with Crippen LogP contribution in [0.2, 0.25) is 0 Å². The summed E-state index contributed by atoms with van der Waals surface area (Å²) in [6, 6.07) is 11.1. The van der Waals surface area contributed by atoms with E-state index in [1.807, 2.05) is 7.05 Å². The Balaban J connectivity index is 0.00000176. The number of H-pyrrole nitrogens is 1. The van der Waals surface area contributed by atoms with Gasteiger partial charge in [0.15, 0.2) is 5.96 Å². The van der Waals surface area contributed by atoms with Gasteiger partial charge in [-0.1, -0.05) is 30.4 Å². The summed E-state index contributed by atoms with van der Waals surface area (Å²) in [6.45, 7) is 0.868. The van der Waals surface area contributed by atoms with Crippen LogP contribution in [0.15, 0.2) is 47.5 Å². The number of benzene rings is 1. The highest BCUT2D eigenvalue weighted by atomic mass is 127. The average Bonchev–Trinajstić information content (AvgIpc) is 3.14. The molecule has 1 aliphatic rings. The molecule has 1 heterocycles. The van der Waals surface area contributed by atoms with Crippen molar-refractivity contribution in [3.63, 3.8) is 0 Å². The third-order valence-electron chi connectivity index (χ3n) is 3.84. The van der Waals surface area contributed by atoms with Crippen molar-refractivity contribution < 1.29 is 0 Å². The van der Waals surface area contributed by atoms with Crippen LogP contribution in [0.1, 0.15) is 18.5 Å². The van der Waals surface area contributed by atoms with Crippen LogP contribution < -0.4 is 10.6 Å². The van der Waals surface area contributed by atoms with Gasteiger partial charge in [0.1, 0.15) is 0 Å². The number of aromatic nitrogens is 1. The van der Waals surface area contributed by atoms with Crippen LogP contribution in [-0.2, 0) is 6.42 Å². The Kier molecular flexibility index (Phi) is 6.30. The molecule has 0 aliphatic heterocycles. The van der Waals surface area contributed by atoms with Gasteiger partial charge >= 0.3 is 0 Å². The van der Waals surface area contributed by atoms with Crippen LogP contribution in [0.25, 0.3) is 10.9 Å². The normalized spacial score (nSPS) is 15.0. The Hall–Kier alpha value is -1.50. The molecule has 1 aromatic heterocycles. The first kappa shape index (κ1) is 16.9. The number of hydrogen-bond donors (Lipinski definition) is 3. The Morgan fingerprint density at radius 2 is 2.05 bits per heavy atom. The summed E-state index contributed by atoms with van der Waals surface area (Å²) in [6.07, 6.45) is 7.56. The van der Waals surface area contributed by atoms with Gasteiger partial charge in [-0.05, 0) is 30.4 Å². The van der Waals surface area contributed by atoms with Crippen molar-refractivity contribution in [3.05, 3.63) is 48.2 Å². The summed E-state index contributed by atoms with van der Waals surface area (Å²) in [5, 5.41) is 8.10. The second-order valence-electron chi connectivity index (χ2n) is 5.41. The minimum Gasteiger partial charge on any atom is -0.358 e. The molecule has 0 spiro atoms. The summed E-state index contributed by atoms with van der Waals surface area (Å²) in [7, 11) is 1.82. The maximum Gasteiger partial charge on any atom is 0.191 e. The van der Waals surface area contributed by atoms with Gasteiger partial charge in [-0.25, -0.2) is 0 Å². The zero-order valence-electron chi connectivity index (χ0n) is 12.8. The van der Waals surface area contributed by atoms with E-state index in [1.165, 1.54) is 16.6 Å². The average molecular weight is 410 g/mol. The molecule has 3 rings (SSSR count). The SMILES string of the molecule is CN=C(NCCc1cc2ccccc2[nH]1)NC1CC=CC1.I. The number of rotatable bonds is 4. The summed E-state index contributed by atoms with van der Waals surface area (Å²) in [5.74, 6) is 0.889. The number of nitrogens with one attached hydrogen (secondary N) is 3. The standard InChI is InChI=1S/C17H22N4.HI/c1-18-17(21-14-7-3-4-8-14)19-11-10-15-12-13-6-2-5-9-16(13)20-15;/h2-6,9,12,14,20H,7-8,10-11H2,1H3,(H2,18,19,21);1H. The van der Waals surface area contributed by atoms with Gasteiger partial charge in [-0.2, -0.15) is 0 Å². The van der Waals surface area contributed by atoms with E-state index in [0.717, 1.165) is 31.8 Å². The van der Waals surface area contributed by atoms with E-state index < -0.39 is 0 Å². The van der Waals surface area contributed by atoms with E-state index in [9.17, 15) is 0 Å². The van der Waals surface area contributed by atoms with Crippen LogP contribution >= 0.6 is 24.0 Å². The third-order valence-corrected chi connectivity index (χ3v) is 3.84. The second-order valence-corrected chi connectivity index (χ2v) is 5.41. The minimum atomic E-state index is 0. The number of aliphatic imine (C=N–C) groups is 1. The number of para-hydroxylation sites is 1. The molecule has 5 heteroatoms. The molecule has 1 aromatic carbocycles. The molecule has 22 heavy (non-hydrogen) atoms. The Morgan fingerprint density at radius 1 is 1.27 bits per heavy atom. The molecule has 0 bridgehead atoms. The summed E-state index contributed by atoms with van der Waals surface area (Å²) in [4.78, 5) is 7.73. The van der Waals surface area contributed by atoms with Crippen molar-refractivity contribution in [3.8, 4) is 0 Å². The molecule has 0 unspecified atom stereocenters. The van der Waals surface area contributed by atoms with E-state index >= 15 is 0 Å². The third kappa shape index (κ3) is 4.25. The van der Waals surface area contributed by atoms with Gasteiger partial charge in [0.25, 0.3) is 0 Å². The molecule has 2 aromatic rings. The zero-order valence-corrected chi connectivity index (χ0v) is 15.1. The monoisotopic (exact) mass is 410 g/mol. The van der Waals surface area contributed by atoms with Crippen molar-refractivity contribution in [1.82, 2.24) is 15.6 Å². The van der Waals surface area contributed by atoms with Crippen molar-refractivity contribution >= 4 is 40.8 Å². The quantitative estimate of drug-likeness (QED) is 0.314. The Morgan fingerprint density at radius 3 is 2.77 bits per heavy atom. The fraction of sp³-hybridized carbons (Fsp3) is 0.353. The lowest BCUT2D eigenvalue weighted by atomic mass is 10.2. The summed E-state index contributed by atoms with van der Waals surface area (Å²) < 4.78 is 0. The largest absolute Gasteiger partial charge is 0.358 e. The molecule has 0 amide bonds. The lowest BCUT2D eigenvalue weighted by Crippen LogP contribution is -2.43. The zero-order chi connectivity index (χ0) is 14.5. The molecule has 0 radical (unpaired) electrons. The van der Waals surface area contributed by atoms with E-state index in [-0.39, 0.29) is 24.0 Å². The molecule has 1 aliphatic carbocycles. The molecule has 0 saturated heterocycles. The van der Waals surface area contributed by atoms with E-state index in [0.29, 0.717) is 6.04 Å². The first-order chi connectivity index (χ1) is 10.3. The summed E-state index contributed by atoms with van der Waals surface area (Å²) in [5.41, 5.74) is 2.45. The smallest absolute Gasteiger partial charge is 0.191 e. The van der Waals surface area contributed by atoms with Gasteiger partial charge in [0.05, 0.1) is 0 Å². The molecule has 118 valence electrons. The molecule has 0 atom stereocenters. The highest BCUT2D eigenvalue weighted by molar-refractivity contribution is 14.0. The number of halogens is 1. The highest BCUT2D eigenvalue weighted by Gasteiger charge is 2.11. The van der Waals surface area contributed by atoms with E-state index in [1.54, 1.807) is 0 Å². The molecular weight excluding hydrogens is 387 g/mol. The van der Waals surface area contributed by atoms with Gasteiger partial charge in [0.2, 0.25) is 0 Å². The topological polar surface area (TPSA) is 52.2 Å². The Bertz CT molecular complexity index is 618. The predicted molar refractivity (Wildman–Crippen MR) is 104 cm³/mol. The fourth-order valence-corrected chi connectivity index (χ4v) is 2.71. The van der Waals surface area contributed by atoms with E-state index in [4.69, 9.17) is 0 Å². The Labute approximate surface area is 148 Å². The van der Waals surface area contributed by atoms with Gasteiger partial charge in [0, 0.05) is 37.3 Å². The number of guanidine groups is 1. The first-order valence-electron chi connectivity index (χ1n) is 7.54. The lowest BCUT2D eigenvalue weighted by molar-refractivity contribution is 0.632. The summed E-state index contributed by atoms with van der Waals surface area (Å²) >= 11 is 0. The lowest BCUT2D eigenvalue weighted by Gasteiger charge is -2.16. The molecular formula is C17H23IN4. The van der Waals surface area contributed by atoms with Gasteiger partial charge in [-0.15, -0.1) is 24.0 Å². The second kappa shape index (κ2) is 8.22. The van der Waals surface area contributed by atoms with Crippen molar-refractivity contribution in [2.24, 2.45) is 4.99 Å². The van der Waals surface area contributed by atoms with E-state index in [2.05, 4.69) is 63.1 Å². The predicted octanol–water partition coefficient (Wildman–Crippen LogP) is 3.21. The number of fused-ring (bicyclic) bond motifs is 1. The van der Waals surface area contributed by atoms with Crippen LogP contribution in [-0.4, -0.2) is 30.6 Å². The number of nitrogens with zero attached hydrogens (tertiary/aromatic N) is 1. The van der Waals surface area contributed by atoms with Crippen LogP contribution in [0.3, 0.4) is 0 Å². The van der Waals surface area contributed by atoms with Crippen molar-refractivity contribution in [2.45, 2.75) is 25.3 Å². The van der Waals surface area contributed by atoms with Gasteiger partial charge in [-0.3, -0.25) is 4.99 Å². The van der Waals surface area contributed by atoms with Gasteiger partial charge < -0.3 is 15.6 Å². The van der Waals surface area contributed by atoms with Crippen LogP contribution in [0.5, 0.6) is 0 Å². The minimum absolute atomic E-state index is 0. The van der Waals surface area contributed by atoms with Crippen molar-refractivity contribution in [1.29, 1.82) is 0 Å². The maximum absolute atomic E-state index is 4.28. The fourth-order valence-electron chi connectivity index (χ4n) is 2.71. The maximum atomic E-state index is 4.28.